The normalized spacial score (nSPS) is 14.9. The Morgan fingerprint density at radius 2 is 1.74 bits per heavy atom. The van der Waals surface area contributed by atoms with Gasteiger partial charge in [0.2, 0.25) is 5.91 Å². The van der Waals surface area contributed by atoms with Crippen LogP contribution in [-0.4, -0.2) is 43.0 Å². The summed E-state index contributed by atoms with van der Waals surface area (Å²) in [5.74, 6) is -1.63. The van der Waals surface area contributed by atoms with Crippen molar-refractivity contribution in [1.29, 1.82) is 0 Å². The third-order valence-electron chi connectivity index (χ3n) is 3.42. The number of imide groups is 1. The zero-order valence-electron chi connectivity index (χ0n) is 13.6. The molecule has 0 saturated heterocycles. The first-order chi connectivity index (χ1) is 10.9. The molecule has 0 heterocycles. The van der Waals surface area contributed by atoms with Crippen LogP contribution in [-0.2, 0) is 19.1 Å². The van der Waals surface area contributed by atoms with Gasteiger partial charge < -0.3 is 15.4 Å². The van der Waals surface area contributed by atoms with E-state index in [2.05, 4.69) is 10.6 Å². The lowest BCUT2D eigenvalue weighted by atomic mass is 9.89. The molecule has 23 heavy (non-hydrogen) atoms. The molecule has 130 valence electrons. The van der Waals surface area contributed by atoms with Gasteiger partial charge in [-0.2, -0.15) is 0 Å². The fraction of sp³-hybridized carbons (Fsp3) is 0.733. The highest BCUT2D eigenvalue weighted by Crippen LogP contribution is 2.23. The Morgan fingerprint density at radius 3 is 2.35 bits per heavy atom. The van der Waals surface area contributed by atoms with Crippen LogP contribution in [0.15, 0.2) is 0 Å². The van der Waals surface area contributed by atoms with Crippen molar-refractivity contribution in [3.63, 3.8) is 0 Å². The number of urea groups is 1. The molecule has 1 fully saturated rings. The summed E-state index contributed by atoms with van der Waals surface area (Å²) in [5, 5.41) is 7.02. The monoisotopic (exact) mass is 327 g/mol. The van der Waals surface area contributed by atoms with Crippen molar-refractivity contribution in [2.45, 2.75) is 52.0 Å². The zero-order chi connectivity index (χ0) is 17.2. The van der Waals surface area contributed by atoms with Crippen LogP contribution in [0.2, 0.25) is 0 Å². The lowest BCUT2D eigenvalue weighted by molar-refractivity contribution is -0.148. The van der Waals surface area contributed by atoms with Gasteiger partial charge in [0.15, 0.2) is 6.61 Å². The fourth-order valence-corrected chi connectivity index (χ4v) is 2.33. The molecule has 8 nitrogen and oxygen atoms in total. The van der Waals surface area contributed by atoms with Crippen molar-refractivity contribution in [2.24, 2.45) is 5.92 Å². The van der Waals surface area contributed by atoms with Crippen LogP contribution in [0.1, 0.15) is 46.0 Å². The summed E-state index contributed by atoms with van der Waals surface area (Å²) in [6.45, 7) is 2.66. The Morgan fingerprint density at radius 1 is 1.09 bits per heavy atom. The minimum atomic E-state index is -0.727. The van der Waals surface area contributed by atoms with E-state index in [4.69, 9.17) is 4.74 Å². The predicted molar refractivity (Wildman–Crippen MR) is 82.4 cm³/mol. The number of nitrogens with one attached hydrogen (secondary N) is 3. The largest absolute Gasteiger partial charge is 0.454 e. The molecule has 0 aromatic rings. The molecule has 0 unspecified atom stereocenters. The van der Waals surface area contributed by atoms with Gasteiger partial charge in [-0.1, -0.05) is 19.3 Å². The molecule has 0 radical (unpaired) electrons. The maximum absolute atomic E-state index is 11.8. The van der Waals surface area contributed by atoms with E-state index in [-0.39, 0.29) is 24.4 Å². The van der Waals surface area contributed by atoms with Crippen LogP contribution in [0.25, 0.3) is 0 Å². The predicted octanol–water partition coefficient (Wildman–Crippen LogP) is 0.460. The first-order valence-corrected chi connectivity index (χ1v) is 7.92. The molecule has 1 aliphatic rings. The standard InChI is InChI=1S/C15H25N3O5/c1-10(2)17-15(22)18-12(19)9-23-13(20)8-16-14(21)11-6-4-3-5-7-11/h10-11H,3-9H2,1-2H3,(H,16,21)(H2,17,18,19,22). The lowest BCUT2D eigenvalue weighted by Crippen LogP contribution is -2.44. The van der Waals surface area contributed by atoms with E-state index in [1.165, 1.54) is 0 Å². The van der Waals surface area contributed by atoms with Crippen LogP contribution in [0, 0.1) is 5.92 Å². The highest BCUT2D eigenvalue weighted by Gasteiger charge is 2.21. The Labute approximate surface area is 135 Å². The minimum absolute atomic E-state index is 0.0421. The van der Waals surface area contributed by atoms with E-state index in [0.29, 0.717) is 0 Å². The van der Waals surface area contributed by atoms with Gasteiger partial charge in [-0.3, -0.25) is 19.7 Å². The number of carbonyl (C=O) groups excluding carboxylic acids is 4. The Bertz CT molecular complexity index is 444. The van der Waals surface area contributed by atoms with Crippen molar-refractivity contribution >= 4 is 23.8 Å². The van der Waals surface area contributed by atoms with Crippen molar-refractivity contribution in [2.75, 3.05) is 13.2 Å². The van der Waals surface area contributed by atoms with Gasteiger partial charge in [-0.25, -0.2) is 4.79 Å². The van der Waals surface area contributed by atoms with Gasteiger partial charge in [-0.15, -0.1) is 0 Å². The molecule has 0 aromatic heterocycles. The molecule has 0 aliphatic heterocycles. The molecular weight excluding hydrogens is 302 g/mol. The third-order valence-corrected chi connectivity index (χ3v) is 3.42. The molecule has 0 spiro atoms. The van der Waals surface area contributed by atoms with Gasteiger partial charge in [-0.05, 0) is 26.7 Å². The fourth-order valence-electron chi connectivity index (χ4n) is 2.33. The molecule has 4 amide bonds. The van der Waals surface area contributed by atoms with E-state index in [0.717, 1.165) is 32.1 Å². The van der Waals surface area contributed by atoms with Gasteiger partial charge >= 0.3 is 12.0 Å². The van der Waals surface area contributed by atoms with E-state index in [1.54, 1.807) is 13.8 Å². The highest BCUT2D eigenvalue weighted by atomic mass is 16.5. The second kappa shape index (κ2) is 9.81. The smallest absolute Gasteiger partial charge is 0.325 e. The van der Waals surface area contributed by atoms with Gasteiger partial charge in [0.05, 0.1) is 0 Å². The number of hydrogen-bond acceptors (Lipinski definition) is 5. The summed E-state index contributed by atoms with van der Waals surface area (Å²) in [7, 11) is 0. The number of carbonyl (C=O) groups is 4. The van der Waals surface area contributed by atoms with E-state index in [9.17, 15) is 19.2 Å². The summed E-state index contributed by atoms with van der Waals surface area (Å²) in [6, 6.07) is -0.757. The summed E-state index contributed by atoms with van der Waals surface area (Å²) >= 11 is 0. The summed E-state index contributed by atoms with van der Waals surface area (Å²) in [4.78, 5) is 46.0. The quantitative estimate of drug-likeness (QED) is 0.613. The van der Waals surface area contributed by atoms with Gasteiger partial charge in [0.25, 0.3) is 5.91 Å². The average Bonchev–Trinajstić information content (AvgIpc) is 2.50. The first kappa shape index (κ1) is 18.9. The molecule has 0 bridgehead atoms. The van der Waals surface area contributed by atoms with Crippen LogP contribution in [0.4, 0.5) is 4.79 Å². The highest BCUT2D eigenvalue weighted by molar-refractivity contribution is 5.95. The van der Waals surface area contributed by atoms with Crippen molar-refractivity contribution in [1.82, 2.24) is 16.0 Å². The second-order valence-electron chi connectivity index (χ2n) is 5.89. The maximum Gasteiger partial charge on any atom is 0.325 e. The molecule has 8 heteroatoms. The Kier molecular flexibility index (Phi) is 8.07. The molecule has 1 aliphatic carbocycles. The van der Waals surface area contributed by atoms with E-state index in [1.807, 2.05) is 5.32 Å². The summed E-state index contributed by atoms with van der Waals surface area (Å²) in [6.07, 6.45) is 4.89. The molecule has 0 aromatic carbocycles. The lowest BCUT2D eigenvalue weighted by Gasteiger charge is -2.20. The summed E-state index contributed by atoms with van der Waals surface area (Å²) in [5.41, 5.74) is 0. The molecule has 3 N–H and O–H groups in total. The van der Waals surface area contributed by atoms with Gasteiger partial charge in [0.1, 0.15) is 6.54 Å². The number of hydrogen-bond donors (Lipinski definition) is 3. The third kappa shape index (κ3) is 8.18. The maximum atomic E-state index is 11.8. The number of amides is 4. The average molecular weight is 327 g/mol. The Hall–Kier alpha value is -2.12. The number of rotatable bonds is 6. The zero-order valence-corrected chi connectivity index (χ0v) is 13.6. The molecule has 1 saturated carbocycles. The van der Waals surface area contributed by atoms with E-state index < -0.39 is 24.5 Å². The van der Waals surface area contributed by atoms with Crippen LogP contribution < -0.4 is 16.0 Å². The topological polar surface area (TPSA) is 114 Å². The SMILES string of the molecule is CC(C)NC(=O)NC(=O)COC(=O)CNC(=O)C1CCCCC1. The van der Waals surface area contributed by atoms with Gasteiger partial charge in [0, 0.05) is 12.0 Å². The van der Waals surface area contributed by atoms with Crippen molar-refractivity contribution in [3.05, 3.63) is 0 Å². The number of ether oxygens (including phenoxy) is 1. The summed E-state index contributed by atoms with van der Waals surface area (Å²) < 4.78 is 4.70. The second-order valence-corrected chi connectivity index (χ2v) is 5.89. The van der Waals surface area contributed by atoms with E-state index >= 15 is 0 Å². The molecule has 1 rings (SSSR count). The van der Waals surface area contributed by atoms with Crippen LogP contribution in [0.5, 0.6) is 0 Å². The first-order valence-electron chi connectivity index (χ1n) is 7.92. The molecule has 0 atom stereocenters. The number of esters is 1. The van der Waals surface area contributed by atoms with Crippen LogP contribution >= 0.6 is 0 Å². The van der Waals surface area contributed by atoms with Crippen LogP contribution in [0.3, 0.4) is 0 Å². The molecular formula is C15H25N3O5. The Balaban J connectivity index is 2.17. The van der Waals surface area contributed by atoms with Crippen molar-refractivity contribution < 1.29 is 23.9 Å². The van der Waals surface area contributed by atoms with Crippen molar-refractivity contribution in [3.8, 4) is 0 Å². The minimum Gasteiger partial charge on any atom is -0.454 e.